The number of aliphatic carboxylic acids is 1. The van der Waals surface area contributed by atoms with Crippen LogP contribution in [0, 0.1) is 5.92 Å². The van der Waals surface area contributed by atoms with E-state index in [0.29, 0.717) is 5.75 Å². The molecular weight excluding hydrogens is 360 g/mol. The molecule has 146 valence electrons. The zero-order chi connectivity index (χ0) is 19.9. The van der Waals surface area contributed by atoms with Crippen molar-refractivity contribution in [3.8, 4) is 5.75 Å². The fourth-order valence-electron chi connectivity index (χ4n) is 2.23. The first kappa shape index (κ1) is 21.9. The molecule has 0 spiro atoms. The van der Waals surface area contributed by atoms with Gasteiger partial charge in [0.1, 0.15) is 11.8 Å². The average molecular weight is 386 g/mol. The number of benzene rings is 1. The molecule has 0 radical (unpaired) electrons. The number of amides is 1. The SMILES string of the molecule is COc1ccc(S(=O)(=O)NC(C(=O)NC(C)CCC(=O)O)C(C)C)cc1. The molecule has 1 rings (SSSR count). The minimum Gasteiger partial charge on any atom is -0.497 e. The Bertz CT molecular complexity index is 715. The second kappa shape index (κ2) is 9.54. The Labute approximate surface area is 154 Å². The van der Waals surface area contributed by atoms with Crippen LogP contribution >= 0.6 is 0 Å². The van der Waals surface area contributed by atoms with Crippen molar-refractivity contribution in [3.05, 3.63) is 24.3 Å². The fraction of sp³-hybridized carbons (Fsp3) is 0.529. The lowest BCUT2D eigenvalue weighted by molar-refractivity contribution is -0.137. The first-order chi connectivity index (χ1) is 12.1. The maximum atomic E-state index is 12.5. The van der Waals surface area contributed by atoms with Gasteiger partial charge < -0.3 is 15.2 Å². The van der Waals surface area contributed by atoms with Crippen molar-refractivity contribution < 1.29 is 27.9 Å². The maximum Gasteiger partial charge on any atom is 0.303 e. The van der Waals surface area contributed by atoms with Crippen molar-refractivity contribution in [2.45, 2.75) is 50.6 Å². The van der Waals surface area contributed by atoms with Gasteiger partial charge in [-0.05, 0) is 43.5 Å². The van der Waals surface area contributed by atoms with Crippen molar-refractivity contribution in [1.82, 2.24) is 10.0 Å². The Hall–Kier alpha value is -2.13. The molecule has 1 aromatic rings. The Morgan fingerprint density at radius 1 is 1.15 bits per heavy atom. The number of sulfonamides is 1. The van der Waals surface area contributed by atoms with Crippen LogP contribution in [0.5, 0.6) is 5.75 Å². The molecule has 1 aromatic carbocycles. The van der Waals surface area contributed by atoms with Gasteiger partial charge in [0.15, 0.2) is 0 Å². The van der Waals surface area contributed by atoms with Crippen LogP contribution in [0.2, 0.25) is 0 Å². The lowest BCUT2D eigenvalue weighted by atomic mass is 10.0. The topological polar surface area (TPSA) is 122 Å². The van der Waals surface area contributed by atoms with E-state index >= 15 is 0 Å². The average Bonchev–Trinajstić information content (AvgIpc) is 2.57. The summed E-state index contributed by atoms with van der Waals surface area (Å²) in [6.07, 6.45) is 0.183. The minimum absolute atomic E-state index is 0.0238. The van der Waals surface area contributed by atoms with Crippen molar-refractivity contribution in [2.24, 2.45) is 5.92 Å². The summed E-state index contributed by atoms with van der Waals surface area (Å²) in [4.78, 5) is 23.1. The van der Waals surface area contributed by atoms with Crippen molar-refractivity contribution in [2.75, 3.05) is 7.11 Å². The van der Waals surface area contributed by atoms with E-state index < -0.39 is 27.9 Å². The molecule has 9 heteroatoms. The molecule has 3 N–H and O–H groups in total. The number of nitrogens with one attached hydrogen (secondary N) is 2. The van der Waals surface area contributed by atoms with Crippen molar-refractivity contribution in [1.29, 1.82) is 0 Å². The molecule has 0 aliphatic heterocycles. The third-order valence-electron chi connectivity index (χ3n) is 3.78. The molecule has 0 heterocycles. The number of carbonyl (C=O) groups is 2. The molecule has 26 heavy (non-hydrogen) atoms. The smallest absolute Gasteiger partial charge is 0.303 e. The molecule has 1 amide bonds. The van der Waals surface area contributed by atoms with Crippen molar-refractivity contribution >= 4 is 21.9 Å². The molecule has 0 aliphatic carbocycles. The van der Waals surface area contributed by atoms with E-state index in [1.54, 1.807) is 20.8 Å². The predicted octanol–water partition coefficient (Wildman–Crippen LogP) is 1.37. The van der Waals surface area contributed by atoms with Crippen LogP contribution in [-0.4, -0.2) is 44.6 Å². The zero-order valence-corrected chi connectivity index (χ0v) is 16.2. The van der Waals surface area contributed by atoms with Gasteiger partial charge in [0.25, 0.3) is 0 Å². The van der Waals surface area contributed by atoms with Crippen molar-refractivity contribution in [3.63, 3.8) is 0 Å². The van der Waals surface area contributed by atoms with Gasteiger partial charge in [-0.25, -0.2) is 8.42 Å². The highest BCUT2D eigenvalue weighted by Crippen LogP contribution is 2.17. The van der Waals surface area contributed by atoms with E-state index in [2.05, 4.69) is 10.0 Å². The van der Waals surface area contributed by atoms with Crippen LogP contribution in [0.4, 0.5) is 0 Å². The summed E-state index contributed by atoms with van der Waals surface area (Å²) in [7, 11) is -2.42. The number of methoxy groups -OCH3 is 1. The third-order valence-corrected chi connectivity index (χ3v) is 5.24. The van der Waals surface area contributed by atoms with Gasteiger partial charge in [-0.2, -0.15) is 4.72 Å². The van der Waals surface area contributed by atoms with Crippen LogP contribution in [-0.2, 0) is 19.6 Å². The number of carboxylic acid groups (broad SMARTS) is 1. The van der Waals surface area contributed by atoms with Gasteiger partial charge in [-0.1, -0.05) is 13.8 Å². The van der Waals surface area contributed by atoms with Gasteiger partial charge in [0.05, 0.1) is 12.0 Å². The summed E-state index contributed by atoms with van der Waals surface area (Å²) >= 11 is 0. The maximum absolute atomic E-state index is 12.5. The summed E-state index contributed by atoms with van der Waals surface area (Å²) < 4.78 is 32.5. The van der Waals surface area contributed by atoms with Gasteiger partial charge >= 0.3 is 5.97 Å². The highest BCUT2D eigenvalue weighted by atomic mass is 32.2. The molecule has 0 bridgehead atoms. The lowest BCUT2D eigenvalue weighted by Crippen LogP contribution is -2.51. The van der Waals surface area contributed by atoms with Crippen LogP contribution in [0.25, 0.3) is 0 Å². The monoisotopic (exact) mass is 386 g/mol. The summed E-state index contributed by atoms with van der Waals surface area (Å²) in [5.41, 5.74) is 0. The van der Waals surface area contributed by atoms with Gasteiger partial charge in [0.2, 0.25) is 15.9 Å². The normalized spacial score (nSPS) is 13.9. The Kier molecular flexibility index (Phi) is 8.04. The number of ether oxygens (including phenoxy) is 1. The van der Waals surface area contributed by atoms with E-state index in [9.17, 15) is 18.0 Å². The molecular formula is C17H26N2O6S. The Balaban J connectivity index is 2.85. The summed E-state index contributed by atoms with van der Waals surface area (Å²) in [5, 5.41) is 11.4. The van der Waals surface area contributed by atoms with Crippen LogP contribution in [0.3, 0.4) is 0 Å². The molecule has 0 aromatic heterocycles. The molecule has 0 aliphatic rings. The van der Waals surface area contributed by atoms with Crippen LogP contribution in [0.1, 0.15) is 33.6 Å². The molecule has 0 saturated heterocycles. The number of hydrogen-bond acceptors (Lipinski definition) is 5. The zero-order valence-electron chi connectivity index (χ0n) is 15.4. The Morgan fingerprint density at radius 3 is 2.19 bits per heavy atom. The van der Waals surface area contributed by atoms with E-state index in [-0.39, 0.29) is 29.7 Å². The molecule has 2 atom stereocenters. The predicted molar refractivity (Wildman–Crippen MR) is 96.4 cm³/mol. The van der Waals surface area contributed by atoms with E-state index in [4.69, 9.17) is 9.84 Å². The first-order valence-electron chi connectivity index (χ1n) is 8.25. The summed E-state index contributed by atoms with van der Waals surface area (Å²) in [5.74, 6) is -1.22. The third kappa shape index (κ3) is 6.64. The summed E-state index contributed by atoms with van der Waals surface area (Å²) in [6.45, 7) is 5.13. The fourth-order valence-corrected chi connectivity index (χ4v) is 3.57. The molecule has 0 saturated carbocycles. The van der Waals surface area contributed by atoms with Gasteiger partial charge in [0, 0.05) is 12.5 Å². The highest BCUT2D eigenvalue weighted by molar-refractivity contribution is 7.89. The standard InChI is InChI=1S/C17H26N2O6S/c1-11(2)16(17(22)18-12(3)5-10-15(20)21)19-26(23,24)14-8-6-13(25-4)7-9-14/h6-9,11-12,16,19H,5,10H2,1-4H3,(H,18,22)(H,20,21). The molecule has 0 fully saturated rings. The van der Waals surface area contributed by atoms with Crippen LogP contribution < -0.4 is 14.8 Å². The van der Waals surface area contributed by atoms with E-state index in [1.165, 1.54) is 31.4 Å². The number of rotatable bonds is 10. The quantitative estimate of drug-likeness (QED) is 0.558. The number of carboxylic acids is 1. The largest absolute Gasteiger partial charge is 0.497 e. The highest BCUT2D eigenvalue weighted by Gasteiger charge is 2.29. The second-order valence-corrected chi connectivity index (χ2v) is 8.07. The molecule has 8 nitrogen and oxygen atoms in total. The van der Waals surface area contributed by atoms with Gasteiger partial charge in [-0.15, -0.1) is 0 Å². The van der Waals surface area contributed by atoms with Crippen LogP contribution in [0.15, 0.2) is 29.2 Å². The summed E-state index contributed by atoms with van der Waals surface area (Å²) in [6, 6.07) is 4.47. The number of hydrogen-bond donors (Lipinski definition) is 3. The number of carbonyl (C=O) groups excluding carboxylic acids is 1. The second-order valence-electron chi connectivity index (χ2n) is 6.36. The van der Waals surface area contributed by atoms with Gasteiger partial charge in [-0.3, -0.25) is 9.59 Å². The molecule has 2 unspecified atom stereocenters. The Morgan fingerprint density at radius 2 is 1.73 bits per heavy atom. The minimum atomic E-state index is -3.90. The van der Waals surface area contributed by atoms with E-state index in [0.717, 1.165) is 0 Å². The first-order valence-corrected chi connectivity index (χ1v) is 9.73. The lowest BCUT2D eigenvalue weighted by Gasteiger charge is -2.24. The van der Waals surface area contributed by atoms with E-state index in [1.807, 2.05) is 0 Å².